The molecule has 0 aliphatic heterocycles. The van der Waals surface area contributed by atoms with E-state index in [9.17, 15) is 4.79 Å². The minimum Gasteiger partial charge on any atom is -0.466 e. The molecule has 0 aromatic heterocycles. The van der Waals surface area contributed by atoms with Crippen molar-refractivity contribution in [1.29, 1.82) is 0 Å². The molecule has 2 rings (SSSR count). The maximum Gasteiger partial charge on any atom is 0.309 e. The summed E-state index contributed by atoms with van der Waals surface area (Å²) < 4.78 is 5.37. The van der Waals surface area contributed by atoms with Crippen LogP contribution >= 0.6 is 0 Å². The second-order valence-electron chi connectivity index (χ2n) is 6.07. The number of ether oxygens (including phenoxy) is 1. The van der Waals surface area contributed by atoms with Crippen molar-refractivity contribution in [2.45, 2.75) is 71.1 Å². The molecule has 18 heavy (non-hydrogen) atoms. The average Bonchev–Trinajstić information content (AvgIpc) is 2.42. The van der Waals surface area contributed by atoms with Crippen molar-refractivity contribution < 1.29 is 9.53 Å². The predicted octanol–water partition coefficient (Wildman–Crippen LogP) is 4.33. The number of esters is 1. The third-order valence-electron chi connectivity index (χ3n) is 4.87. The largest absolute Gasteiger partial charge is 0.466 e. The third kappa shape index (κ3) is 3.49. The molecule has 2 fully saturated rings. The van der Waals surface area contributed by atoms with Crippen molar-refractivity contribution in [3.8, 4) is 0 Å². The summed E-state index contributed by atoms with van der Waals surface area (Å²) in [5, 5.41) is 0. The number of carbonyl (C=O) groups excluding carboxylic acids is 1. The first-order chi connectivity index (χ1) is 8.83. The van der Waals surface area contributed by atoms with Crippen molar-refractivity contribution in [3.63, 3.8) is 0 Å². The predicted molar refractivity (Wildman–Crippen MR) is 73.3 cm³/mol. The van der Waals surface area contributed by atoms with Crippen LogP contribution in [0.15, 0.2) is 0 Å². The molecule has 2 saturated carbocycles. The smallest absolute Gasteiger partial charge is 0.309 e. The molecule has 0 unspecified atom stereocenters. The van der Waals surface area contributed by atoms with Crippen LogP contribution in [0.1, 0.15) is 71.1 Å². The molecule has 0 saturated heterocycles. The van der Waals surface area contributed by atoms with E-state index in [-0.39, 0.29) is 11.9 Å². The summed E-state index contributed by atoms with van der Waals surface area (Å²) in [4.78, 5) is 12.3. The van der Waals surface area contributed by atoms with Gasteiger partial charge in [0.15, 0.2) is 0 Å². The Morgan fingerprint density at radius 3 is 1.78 bits per heavy atom. The van der Waals surface area contributed by atoms with Crippen LogP contribution < -0.4 is 0 Å². The molecule has 104 valence electrons. The van der Waals surface area contributed by atoms with Crippen LogP contribution in [-0.4, -0.2) is 12.6 Å². The summed E-state index contributed by atoms with van der Waals surface area (Å²) in [7, 11) is 0. The lowest BCUT2D eigenvalue weighted by Gasteiger charge is -2.36. The molecular formula is C16H28O2. The van der Waals surface area contributed by atoms with Gasteiger partial charge in [-0.15, -0.1) is 0 Å². The molecule has 0 N–H and O–H groups in total. The van der Waals surface area contributed by atoms with Crippen molar-refractivity contribution in [2.24, 2.45) is 17.8 Å². The van der Waals surface area contributed by atoms with Gasteiger partial charge in [0.05, 0.1) is 12.5 Å². The van der Waals surface area contributed by atoms with E-state index in [0.717, 1.165) is 0 Å². The fourth-order valence-corrected chi connectivity index (χ4v) is 3.99. The zero-order chi connectivity index (χ0) is 12.8. The molecule has 0 spiro atoms. The van der Waals surface area contributed by atoms with E-state index in [1.807, 2.05) is 6.92 Å². The fraction of sp³-hybridized carbons (Fsp3) is 0.938. The fourth-order valence-electron chi connectivity index (χ4n) is 3.99. The van der Waals surface area contributed by atoms with Crippen molar-refractivity contribution >= 4 is 5.97 Å². The Morgan fingerprint density at radius 1 is 0.944 bits per heavy atom. The number of carbonyl (C=O) groups is 1. The third-order valence-corrected chi connectivity index (χ3v) is 4.87. The molecule has 0 aromatic rings. The van der Waals surface area contributed by atoms with Crippen molar-refractivity contribution in [2.75, 3.05) is 6.61 Å². The molecule has 0 aromatic carbocycles. The Hall–Kier alpha value is -0.530. The Balaban J connectivity index is 2.02. The Morgan fingerprint density at radius 2 is 1.39 bits per heavy atom. The van der Waals surface area contributed by atoms with Crippen LogP contribution in [0.2, 0.25) is 0 Å². The van der Waals surface area contributed by atoms with E-state index < -0.39 is 0 Å². The summed E-state index contributed by atoms with van der Waals surface area (Å²) in [6, 6.07) is 0. The quantitative estimate of drug-likeness (QED) is 0.696. The van der Waals surface area contributed by atoms with Gasteiger partial charge in [0, 0.05) is 0 Å². The monoisotopic (exact) mass is 252 g/mol. The maximum atomic E-state index is 12.3. The van der Waals surface area contributed by atoms with Gasteiger partial charge in [-0.2, -0.15) is 0 Å². The summed E-state index contributed by atoms with van der Waals surface area (Å²) in [6.07, 6.45) is 13.0. The second kappa shape index (κ2) is 7.16. The molecule has 2 nitrogen and oxygen atoms in total. The van der Waals surface area contributed by atoms with Gasteiger partial charge in [-0.05, 0) is 44.4 Å². The summed E-state index contributed by atoms with van der Waals surface area (Å²) in [5.74, 6) is 1.55. The van der Waals surface area contributed by atoms with Gasteiger partial charge in [0.25, 0.3) is 0 Å². The molecular weight excluding hydrogens is 224 g/mol. The van der Waals surface area contributed by atoms with E-state index in [1.54, 1.807) is 0 Å². The SMILES string of the molecule is CCOC(=O)C(C1CCCCC1)C1CCCCC1. The molecule has 2 heteroatoms. The van der Waals surface area contributed by atoms with Crippen LogP contribution in [0.5, 0.6) is 0 Å². The first-order valence-electron chi connectivity index (χ1n) is 7.99. The van der Waals surface area contributed by atoms with E-state index in [1.165, 1.54) is 64.2 Å². The number of rotatable bonds is 4. The van der Waals surface area contributed by atoms with Gasteiger partial charge in [-0.25, -0.2) is 0 Å². The summed E-state index contributed by atoms with van der Waals surface area (Å²) in [6.45, 7) is 2.46. The highest BCUT2D eigenvalue weighted by atomic mass is 16.5. The average molecular weight is 252 g/mol. The number of hydrogen-bond acceptors (Lipinski definition) is 2. The van der Waals surface area contributed by atoms with Gasteiger partial charge < -0.3 is 4.74 Å². The van der Waals surface area contributed by atoms with Crippen molar-refractivity contribution in [3.05, 3.63) is 0 Å². The van der Waals surface area contributed by atoms with Crippen LogP contribution in [-0.2, 0) is 9.53 Å². The molecule has 2 aliphatic rings. The standard InChI is InChI=1S/C16H28O2/c1-2-18-16(17)15(13-9-5-3-6-10-13)14-11-7-4-8-12-14/h13-15H,2-12H2,1H3. The van der Waals surface area contributed by atoms with Crippen LogP contribution in [0.25, 0.3) is 0 Å². The Kier molecular flexibility index (Phi) is 5.52. The minimum absolute atomic E-state index is 0.108. The zero-order valence-corrected chi connectivity index (χ0v) is 11.8. The maximum absolute atomic E-state index is 12.3. The van der Waals surface area contributed by atoms with Gasteiger partial charge in [0.1, 0.15) is 0 Å². The molecule has 0 radical (unpaired) electrons. The van der Waals surface area contributed by atoms with Crippen LogP contribution in [0.3, 0.4) is 0 Å². The first kappa shape index (κ1) is 13.9. The molecule has 2 aliphatic carbocycles. The van der Waals surface area contributed by atoms with Gasteiger partial charge >= 0.3 is 5.97 Å². The lowest BCUT2D eigenvalue weighted by molar-refractivity contribution is -0.153. The topological polar surface area (TPSA) is 26.3 Å². The van der Waals surface area contributed by atoms with Gasteiger partial charge in [0.2, 0.25) is 0 Å². The molecule has 0 atom stereocenters. The zero-order valence-electron chi connectivity index (χ0n) is 11.8. The highest BCUT2D eigenvalue weighted by Gasteiger charge is 2.37. The molecule has 0 amide bonds. The highest BCUT2D eigenvalue weighted by Crippen LogP contribution is 2.40. The second-order valence-corrected chi connectivity index (χ2v) is 6.07. The minimum atomic E-state index is 0.108. The highest BCUT2D eigenvalue weighted by molar-refractivity contribution is 5.73. The molecule has 0 bridgehead atoms. The number of hydrogen-bond donors (Lipinski definition) is 0. The summed E-state index contributed by atoms with van der Waals surface area (Å²) in [5.41, 5.74) is 0. The lowest BCUT2D eigenvalue weighted by atomic mass is 9.69. The van der Waals surface area contributed by atoms with E-state index in [4.69, 9.17) is 4.74 Å². The lowest BCUT2D eigenvalue weighted by Crippen LogP contribution is -2.34. The Bertz CT molecular complexity index is 232. The summed E-state index contributed by atoms with van der Waals surface area (Å²) >= 11 is 0. The van der Waals surface area contributed by atoms with E-state index in [0.29, 0.717) is 18.4 Å². The van der Waals surface area contributed by atoms with Gasteiger partial charge in [-0.3, -0.25) is 4.79 Å². The van der Waals surface area contributed by atoms with Crippen LogP contribution in [0, 0.1) is 17.8 Å². The first-order valence-corrected chi connectivity index (χ1v) is 7.99. The Labute approximate surface area is 111 Å². The van der Waals surface area contributed by atoms with Crippen molar-refractivity contribution in [1.82, 2.24) is 0 Å². The molecule has 0 heterocycles. The van der Waals surface area contributed by atoms with Crippen LogP contribution in [0.4, 0.5) is 0 Å². The van der Waals surface area contributed by atoms with Gasteiger partial charge in [-0.1, -0.05) is 38.5 Å². The van der Waals surface area contributed by atoms with E-state index in [2.05, 4.69) is 0 Å². The van der Waals surface area contributed by atoms with E-state index >= 15 is 0 Å². The normalized spacial score (nSPS) is 23.2.